The Morgan fingerprint density at radius 2 is 1.97 bits per heavy atom. The minimum absolute atomic E-state index is 0.0203. The van der Waals surface area contributed by atoms with Gasteiger partial charge in [-0.05, 0) is 62.2 Å². The molecular formula is C27H27ClN4O2. The number of fused-ring (bicyclic) bond motifs is 1. The van der Waals surface area contributed by atoms with Gasteiger partial charge in [-0.3, -0.25) is 9.78 Å². The molecule has 0 bridgehead atoms. The van der Waals surface area contributed by atoms with E-state index in [1.165, 1.54) is 0 Å². The number of amides is 1. The normalized spacial score (nSPS) is 16.2. The van der Waals surface area contributed by atoms with E-state index in [9.17, 15) is 9.90 Å². The molecular weight excluding hydrogens is 448 g/mol. The number of pyridine rings is 1. The molecule has 7 heteroatoms. The lowest BCUT2D eigenvalue weighted by Gasteiger charge is -2.32. The van der Waals surface area contributed by atoms with Crippen LogP contribution in [0.1, 0.15) is 40.6 Å². The molecule has 1 N–H and O–H groups in total. The highest BCUT2D eigenvalue weighted by Gasteiger charge is 2.27. The number of aromatic nitrogens is 3. The number of rotatable bonds is 5. The van der Waals surface area contributed by atoms with Crippen molar-refractivity contribution in [3.8, 4) is 11.3 Å². The van der Waals surface area contributed by atoms with E-state index in [1.807, 2.05) is 71.0 Å². The molecule has 1 atom stereocenters. The fourth-order valence-electron chi connectivity index (χ4n) is 4.84. The first-order valence-corrected chi connectivity index (χ1v) is 12.0. The molecule has 1 fully saturated rings. The van der Waals surface area contributed by atoms with Crippen molar-refractivity contribution in [3.63, 3.8) is 0 Å². The molecule has 0 aliphatic carbocycles. The van der Waals surface area contributed by atoms with Gasteiger partial charge in [-0.15, -0.1) is 0 Å². The fraction of sp³-hybridized carbons (Fsp3) is 0.296. The Balaban J connectivity index is 1.36. The maximum atomic E-state index is 13.4. The zero-order valence-electron chi connectivity index (χ0n) is 19.1. The van der Waals surface area contributed by atoms with Gasteiger partial charge < -0.3 is 14.6 Å². The average molecular weight is 475 g/mol. The molecule has 1 amide bonds. The van der Waals surface area contributed by atoms with E-state index < -0.39 is 0 Å². The van der Waals surface area contributed by atoms with Gasteiger partial charge in [-0.1, -0.05) is 29.8 Å². The molecule has 6 nitrogen and oxygen atoms in total. The lowest BCUT2D eigenvalue weighted by molar-refractivity contribution is 0.0706. The van der Waals surface area contributed by atoms with Crippen LogP contribution in [0.5, 0.6) is 0 Å². The third kappa shape index (κ3) is 4.43. The van der Waals surface area contributed by atoms with E-state index in [2.05, 4.69) is 11.1 Å². The van der Waals surface area contributed by atoms with Crippen molar-refractivity contribution < 1.29 is 9.90 Å². The van der Waals surface area contributed by atoms with Crippen LogP contribution in [-0.2, 0) is 6.54 Å². The summed E-state index contributed by atoms with van der Waals surface area (Å²) in [5, 5.41) is 10.0. The molecule has 0 radical (unpaired) electrons. The van der Waals surface area contributed by atoms with Crippen LogP contribution in [-0.4, -0.2) is 50.1 Å². The zero-order chi connectivity index (χ0) is 23.7. The molecule has 2 aromatic heterocycles. The van der Waals surface area contributed by atoms with Crippen molar-refractivity contribution in [2.75, 3.05) is 19.7 Å². The second-order valence-corrected chi connectivity index (χ2v) is 9.22. The third-order valence-corrected chi connectivity index (χ3v) is 6.76. The molecule has 5 rings (SSSR count). The number of aryl methyl sites for hydroxylation is 1. The molecule has 0 unspecified atom stereocenters. The van der Waals surface area contributed by atoms with Crippen LogP contribution in [0.4, 0.5) is 0 Å². The number of hydrogen-bond acceptors (Lipinski definition) is 4. The Labute approximate surface area is 203 Å². The predicted molar refractivity (Wildman–Crippen MR) is 134 cm³/mol. The molecule has 174 valence electrons. The number of carbonyl (C=O) groups excluding carboxylic acids is 1. The smallest absolute Gasteiger partial charge is 0.253 e. The Hall–Kier alpha value is -3.22. The highest BCUT2D eigenvalue weighted by molar-refractivity contribution is 6.30. The maximum Gasteiger partial charge on any atom is 0.253 e. The zero-order valence-corrected chi connectivity index (χ0v) is 19.9. The molecule has 34 heavy (non-hydrogen) atoms. The number of aliphatic hydroxyl groups excluding tert-OH is 1. The number of benzene rings is 2. The maximum absolute atomic E-state index is 13.4. The van der Waals surface area contributed by atoms with E-state index >= 15 is 0 Å². The minimum atomic E-state index is 0.0203. The first-order chi connectivity index (χ1) is 16.5. The van der Waals surface area contributed by atoms with Crippen LogP contribution in [0.15, 0.2) is 60.7 Å². The SMILES string of the molecule is Cc1nc2cc(C(=O)N3CCC[C@H](c4cccc(-c5cccc(Cl)c5)n4)C3)ccc2n1CCO. The second-order valence-electron chi connectivity index (χ2n) is 8.79. The molecule has 0 saturated carbocycles. The summed E-state index contributed by atoms with van der Waals surface area (Å²) in [4.78, 5) is 24.8. The Morgan fingerprint density at radius 3 is 2.79 bits per heavy atom. The summed E-state index contributed by atoms with van der Waals surface area (Å²) in [5.41, 5.74) is 5.24. The molecule has 2 aromatic carbocycles. The van der Waals surface area contributed by atoms with Crippen molar-refractivity contribution >= 4 is 28.5 Å². The summed E-state index contributed by atoms with van der Waals surface area (Å²) in [6.07, 6.45) is 1.94. The van der Waals surface area contributed by atoms with Crippen molar-refractivity contribution in [1.29, 1.82) is 0 Å². The molecule has 1 aliphatic heterocycles. The number of carbonyl (C=O) groups is 1. The van der Waals surface area contributed by atoms with Gasteiger partial charge in [-0.2, -0.15) is 0 Å². The van der Waals surface area contributed by atoms with Crippen LogP contribution in [0.2, 0.25) is 5.02 Å². The van der Waals surface area contributed by atoms with Gasteiger partial charge >= 0.3 is 0 Å². The number of imidazole rings is 1. The lowest BCUT2D eigenvalue weighted by atomic mass is 9.93. The van der Waals surface area contributed by atoms with E-state index in [-0.39, 0.29) is 18.4 Å². The Kier molecular flexibility index (Phi) is 6.35. The molecule has 1 aliphatic rings. The quantitative estimate of drug-likeness (QED) is 0.438. The van der Waals surface area contributed by atoms with E-state index in [0.29, 0.717) is 23.7 Å². The number of nitrogens with zero attached hydrogens (tertiary/aromatic N) is 4. The van der Waals surface area contributed by atoms with Crippen LogP contribution in [0.3, 0.4) is 0 Å². The standard InChI is InChI=1S/C27H27ClN4O2/c1-18-29-25-16-20(10-11-26(25)32(18)13-14-33)27(34)31-12-4-6-21(17-31)24-9-3-8-23(30-24)19-5-2-7-22(28)15-19/h2-3,5,7-11,15-16,21,33H,4,6,12-14,17H2,1H3/t21-/m0/s1. The van der Waals surface area contributed by atoms with E-state index in [4.69, 9.17) is 16.6 Å². The van der Waals surface area contributed by atoms with Crippen LogP contribution >= 0.6 is 11.6 Å². The van der Waals surface area contributed by atoms with Gasteiger partial charge in [0.05, 0.1) is 23.3 Å². The average Bonchev–Trinajstić information content (AvgIpc) is 3.18. The van der Waals surface area contributed by atoms with Crippen molar-refractivity contribution in [1.82, 2.24) is 19.4 Å². The predicted octanol–water partition coefficient (Wildman–Crippen LogP) is 5.07. The monoisotopic (exact) mass is 474 g/mol. The van der Waals surface area contributed by atoms with Gasteiger partial charge in [0.25, 0.3) is 5.91 Å². The fourth-order valence-corrected chi connectivity index (χ4v) is 5.03. The summed E-state index contributed by atoms with van der Waals surface area (Å²) in [6, 6.07) is 19.4. The summed E-state index contributed by atoms with van der Waals surface area (Å²) in [7, 11) is 0. The van der Waals surface area contributed by atoms with Crippen molar-refractivity contribution in [2.45, 2.75) is 32.2 Å². The summed E-state index contributed by atoms with van der Waals surface area (Å²) >= 11 is 6.17. The van der Waals surface area contributed by atoms with Gasteiger partial charge in [0.15, 0.2) is 0 Å². The van der Waals surface area contributed by atoms with Gasteiger partial charge in [-0.25, -0.2) is 4.98 Å². The third-order valence-electron chi connectivity index (χ3n) is 6.53. The topological polar surface area (TPSA) is 71.2 Å². The highest BCUT2D eigenvalue weighted by atomic mass is 35.5. The Bertz CT molecular complexity index is 1350. The lowest BCUT2D eigenvalue weighted by Crippen LogP contribution is -2.39. The van der Waals surface area contributed by atoms with Crippen molar-refractivity contribution in [2.24, 2.45) is 0 Å². The Morgan fingerprint density at radius 1 is 1.12 bits per heavy atom. The number of halogens is 1. The summed E-state index contributed by atoms with van der Waals surface area (Å²) < 4.78 is 1.97. The first-order valence-electron chi connectivity index (χ1n) is 11.6. The van der Waals surface area contributed by atoms with Crippen LogP contribution < -0.4 is 0 Å². The van der Waals surface area contributed by atoms with Crippen LogP contribution in [0.25, 0.3) is 22.3 Å². The van der Waals surface area contributed by atoms with Crippen molar-refractivity contribution in [3.05, 3.63) is 82.8 Å². The summed E-state index contributed by atoms with van der Waals surface area (Å²) in [5.74, 6) is 1.04. The second kappa shape index (κ2) is 9.57. The molecule has 4 aromatic rings. The molecule has 0 spiro atoms. The number of likely N-dealkylation sites (tertiary alicyclic amines) is 1. The van der Waals surface area contributed by atoms with E-state index in [1.54, 1.807) is 0 Å². The molecule has 1 saturated heterocycles. The van der Waals surface area contributed by atoms with Gasteiger partial charge in [0.1, 0.15) is 5.82 Å². The number of aliphatic hydroxyl groups is 1. The minimum Gasteiger partial charge on any atom is -0.395 e. The highest BCUT2D eigenvalue weighted by Crippen LogP contribution is 2.29. The molecule has 3 heterocycles. The largest absolute Gasteiger partial charge is 0.395 e. The first kappa shape index (κ1) is 22.6. The van der Waals surface area contributed by atoms with Gasteiger partial charge in [0.2, 0.25) is 0 Å². The number of piperidine rings is 1. The summed E-state index contributed by atoms with van der Waals surface area (Å²) in [6.45, 7) is 3.83. The number of hydrogen-bond donors (Lipinski definition) is 1. The van der Waals surface area contributed by atoms with Crippen LogP contribution in [0, 0.1) is 6.92 Å². The van der Waals surface area contributed by atoms with Gasteiger partial charge in [0, 0.05) is 47.4 Å². The van der Waals surface area contributed by atoms with E-state index in [0.717, 1.165) is 53.2 Å².